The lowest BCUT2D eigenvalue weighted by Gasteiger charge is -2.40. The van der Waals surface area contributed by atoms with Crippen LogP contribution in [0, 0.1) is 17.3 Å². The number of carboxylic acid groups (broad SMARTS) is 1. The fourth-order valence-electron chi connectivity index (χ4n) is 3.77. The summed E-state index contributed by atoms with van der Waals surface area (Å²) in [6, 6.07) is 0. The Morgan fingerprint density at radius 1 is 1.29 bits per heavy atom. The zero-order valence-corrected chi connectivity index (χ0v) is 8.96. The minimum absolute atomic E-state index is 0.0368. The van der Waals surface area contributed by atoms with Crippen LogP contribution >= 0.6 is 0 Å². The van der Waals surface area contributed by atoms with E-state index in [1.807, 2.05) is 0 Å². The van der Waals surface area contributed by atoms with Crippen LogP contribution in [0.3, 0.4) is 0 Å². The summed E-state index contributed by atoms with van der Waals surface area (Å²) >= 11 is 0. The van der Waals surface area contributed by atoms with Crippen molar-refractivity contribution in [2.24, 2.45) is 17.3 Å². The van der Waals surface area contributed by atoms with Crippen LogP contribution in [0.4, 0.5) is 0 Å². The van der Waals surface area contributed by atoms with E-state index in [4.69, 9.17) is 0 Å². The van der Waals surface area contributed by atoms with Crippen molar-refractivity contribution in [3.63, 3.8) is 0 Å². The SMILES string of the molecule is CC1CCCC2(CCCC2C(=O)O)C1. The molecule has 0 aromatic rings. The predicted molar refractivity (Wildman–Crippen MR) is 55.0 cm³/mol. The minimum Gasteiger partial charge on any atom is -0.481 e. The number of carboxylic acids is 1. The smallest absolute Gasteiger partial charge is 0.307 e. The molecule has 2 heteroatoms. The van der Waals surface area contributed by atoms with Gasteiger partial charge in [-0.3, -0.25) is 4.79 Å². The molecule has 3 unspecified atom stereocenters. The summed E-state index contributed by atoms with van der Waals surface area (Å²) in [6.45, 7) is 2.28. The van der Waals surface area contributed by atoms with Crippen molar-refractivity contribution in [2.45, 2.75) is 51.9 Å². The highest BCUT2D eigenvalue weighted by Crippen LogP contribution is 2.54. The van der Waals surface area contributed by atoms with E-state index >= 15 is 0 Å². The Morgan fingerprint density at radius 2 is 1.93 bits per heavy atom. The maximum Gasteiger partial charge on any atom is 0.307 e. The van der Waals surface area contributed by atoms with Crippen LogP contribution in [0.25, 0.3) is 0 Å². The van der Waals surface area contributed by atoms with Crippen LogP contribution in [0.5, 0.6) is 0 Å². The Balaban J connectivity index is 2.16. The van der Waals surface area contributed by atoms with Crippen molar-refractivity contribution in [2.75, 3.05) is 0 Å². The predicted octanol–water partition coefficient (Wildman–Crippen LogP) is 3.07. The van der Waals surface area contributed by atoms with Crippen molar-refractivity contribution in [3.05, 3.63) is 0 Å². The molecule has 2 aliphatic carbocycles. The van der Waals surface area contributed by atoms with Gasteiger partial charge < -0.3 is 5.11 Å². The average molecular weight is 196 g/mol. The fraction of sp³-hybridized carbons (Fsp3) is 0.917. The average Bonchev–Trinajstić information content (AvgIpc) is 2.48. The van der Waals surface area contributed by atoms with E-state index in [1.165, 1.54) is 12.8 Å². The van der Waals surface area contributed by atoms with E-state index in [0.717, 1.165) is 38.0 Å². The molecule has 80 valence electrons. The van der Waals surface area contributed by atoms with Crippen molar-refractivity contribution >= 4 is 5.97 Å². The molecule has 0 aromatic heterocycles. The van der Waals surface area contributed by atoms with Crippen molar-refractivity contribution in [1.82, 2.24) is 0 Å². The zero-order valence-electron chi connectivity index (χ0n) is 8.96. The number of aliphatic carboxylic acids is 1. The number of hydrogen-bond donors (Lipinski definition) is 1. The summed E-state index contributed by atoms with van der Waals surface area (Å²) < 4.78 is 0. The van der Waals surface area contributed by atoms with Crippen molar-refractivity contribution < 1.29 is 9.90 Å². The van der Waals surface area contributed by atoms with Gasteiger partial charge in [0.15, 0.2) is 0 Å². The lowest BCUT2D eigenvalue weighted by molar-refractivity contribution is -0.146. The molecule has 0 radical (unpaired) electrons. The van der Waals surface area contributed by atoms with Gasteiger partial charge in [-0.15, -0.1) is 0 Å². The summed E-state index contributed by atoms with van der Waals surface area (Å²) in [7, 11) is 0. The molecule has 2 saturated carbocycles. The van der Waals surface area contributed by atoms with E-state index in [0.29, 0.717) is 0 Å². The van der Waals surface area contributed by atoms with Gasteiger partial charge in [0, 0.05) is 0 Å². The molecule has 3 atom stereocenters. The number of rotatable bonds is 1. The summed E-state index contributed by atoms with van der Waals surface area (Å²) in [6.07, 6.45) is 8.07. The summed E-state index contributed by atoms with van der Waals surface area (Å²) in [5.41, 5.74) is 0.184. The highest BCUT2D eigenvalue weighted by Gasteiger charge is 2.48. The van der Waals surface area contributed by atoms with Crippen LogP contribution < -0.4 is 0 Å². The van der Waals surface area contributed by atoms with Crippen LogP contribution in [0.1, 0.15) is 51.9 Å². The van der Waals surface area contributed by atoms with E-state index < -0.39 is 5.97 Å². The second-order valence-electron chi connectivity index (χ2n) is 5.35. The third kappa shape index (κ3) is 1.55. The molecule has 2 fully saturated rings. The first-order valence-corrected chi connectivity index (χ1v) is 5.87. The Hall–Kier alpha value is -0.530. The van der Waals surface area contributed by atoms with E-state index in [2.05, 4.69) is 6.92 Å². The fourth-order valence-corrected chi connectivity index (χ4v) is 3.77. The van der Waals surface area contributed by atoms with Crippen molar-refractivity contribution in [1.29, 1.82) is 0 Å². The van der Waals surface area contributed by atoms with E-state index in [1.54, 1.807) is 0 Å². The lowest BCUT2D eigenvalue weighted by atomic mass is 9.64. The normalized spacial score (nSPS) is 42.9. The largest absolute Gasteiger partial charge is 0.481 e. The molecule has 2 nitrogen and oxygen atoms in total. The van der Waals surface area contributed by atoms with E-state index in [-0.39, 0.29) is 11.3 Å². The molecule has 14 heavy (non-hydrogen) atoms. The molecule has 0 aromatic carbocycles. The monoisotopic (exact) mass is 196 g/mol. The standard InChI is InChI=1S/C12H20O2/c1-9-4-2-6-12(8-9)7-3-5-10(12)11(13)14/h9-10H,2-8H2,1H3,(H,13,14). The lowest BCUT2D eigenvalue weighted by Crippen LogP contribution is -2.35. The molecule has 2 rings (SSSR count). The Labute approximate surface area is 85.7 Å². The van der Waals surface area contributed by atoms with Gasteiger partial charge in [-0.05, 0) is 37.0 Å². The third-order valence-electron chi connectivity index (χ3n) is 4.33. The molecule has 0 amide bonds. The van der Waals surface area contributed by atoms with Crippen LogP contribution in [-0.4, -0.2) is 11.1 Å². The van der Waals surface area contributed by atoms with Gasteiger partial charge in [-0.1, -0.05) is 26.2 Å². The Morgan fingerprint density at radius 3 is 2.50 bits per heavy atom. The Kier molecular flexibility index (Phi) is 2.54. The van der Waals surface area contributed by atoms with E-state index in [9.17, 15) is 9.90 Å². The summed E-state index contributed by atoms with van der Waals surface area (Å²) in [5, 5.41) is 9.22. The van der Waals surface area contributed by atoms with Crippen LogP contribution in [-0.2, 0) is 4.79 Å². The summed E-state index contributed by atoms with van der Waals surface area (Å²) in [4.78, 5) is 11.2. The molecule has 1 N–H and O–H groups in total. The van der Waals surface area contributed by atoms with Crippen LogP contribution in [0.15, 0.2) is 0 Å². The van der Waals surface area contributed by atoms with Gasteiger partial charge in [0.2, 0.25) is 0 Å². The third-order valence-corrected chi connectivity index (χ3v) is 4.33. The first-order chi connectivity index (χ1) is 6.64. The molecule has 0 aliphatic heterocycles. The minimum atomic E-state index is -0.545. The second-order valence-corrected chi connectivity index (χ2v) is 5.35. The quantitative estimate of drug-likeness (QED) is 0.699. The summed E-state index contributed by atoms with van der Waals surface area (Å²) in [5.74, 6) is 0.158. The topological polar surface area (TPSA) is 37.3 Å². The second kappa shape index (κ2) is 3.56. The number of hydrogen-bond acceptors (Lipinski definition) is 1. The molecular formula is C12H20O2. The molecule has 0 heterocycles. The van der Waals surface area contributed by atoms with Gasteiger partial charge in [0.05, 0.1) is 5.92 Å². The highest BCUT2D eigenvalue weighted by molar-refractivity contribution is 5.71. The highest BCUT2D eigenvalue weighted by atomic mass is 16.4. The molecular weight excluding hydrogens is 176 g/mol. The van der Waals surface area contributed by atoms with Gasteiger partial charge in [-0.2, -0.15) is 0 Å². The molecule has 1 spiro atoms. The number of carbonyl (C=O) groups is 1. The molecule has 0 saturated heterocycles. The Bertz CT molecular complexity index is 236. The molecule has 2 aliphatic rings. The van der Waals surface area contributed by atoms with Crippen molar-refractivity contribution in [3.8, 4) is 0 Å². The van der Waals surface area contributed by atoms with Gasteiger partial charge in [0.1, 0.15) is 0 Å². The van der Waals surface area contributed by atoms with Crippen LogP contribution in [0.2, 0.25) is 0 Å². The maximum atomic E-state index is 11.2. The first kappa shape index (κ1) is 10.0. The molecule has 0 bridgehead atoms. The first-order valence-electron chi connectivity index (χ1n) is 5.87. The van der Waals surface area contributed by atoms with Gasteiger partial charge >= 0.3 is 5.97 Å². The zero-order chi connectivity index (χ0) is 10.2. The van der Waals surface area contributed by atoms with Gasteiger partial charge in [0.25, 0.3) is 0 Å². The van der Waals surface area contributed by atoms with Gasteiger partial charge in [-0.25, -0.2) is 0 Å². The maximum absolute atomic E-state index is 11.2.